The SMILES string of the molecule is CC(C)(C)C(=O)O[C@H](C(=O)c1ccccc1)c1ccccc1. The van der Waals surface area contributed by atoms with Crippen molar-refractivity contribution in [1.29, 1.82) is 0 Å². The number of ether oxygens (including phenoxy) is 1. The van der Waals surface area contributed by atoms with Crippen LogP contribution < -0.4 is 0 Å². The monoisotopic (exact) mass is 296 g/mol. The molecular formula is C19H20O3. The number of carbonyl (C=O) groups is 2. The molecule has 0 heterocycles. The van der Waals surface area contributed by atoms with Crippen molar-refractivity contribution in [3.8, 4) is 0 Å². The summed E-state index contributed by atoms with van der Waals surface area (Å²) < 4.78 is 5.53. The average molecular weight is 296 g/mol. The summed E-state index contributed by atoms with van der Waals surface area (Å²) in [7, 11) is 0. The Morgan fingerprint density at radius 1 is 0.864 bits per heavy atom. The van der Waals surface area contributed by atoms with E-state index in [0.717, 1.165) is 0 Å². The number of Topliss-reactive ketones (excluding diaryl/α,β-unsaturated/α-hetero) is 1. The van der Waals surface area contributed by atoms with Crippen LogP contribution in [0, 0.1) is 5.41 Å². The van der Waals surface area contributed by atoms with Gasteiger partial charge in [-0.15, -0.1) is 0 Å². The Hall–Kier alpha value is -2.42. The maximum absolute atomic E-state index is 12.7. The molecule has 0 radical (unpaired) electrons. The minimum atomic E-state index is -0.921. The number of benzene rings is 2. The van der Waals surface area contributed by atoms with Crippen LogP contribution >= 0.6 is 0 Å². The van der Waals surface area contributed by atoms with E-state index in [4.69, 9.17) is 4.74 Å². The van der Waals surface area contributed by atoms with E-state index in [9.17, 15) is 9.59 Å². The molecule has 0 bridgehead atoms. The predicted molar refractivity (Wildman–Crippen MR) is 85.5 cm³/mol. The molecule has 0 aliphatic heterocycles. The third-order valence-corrected chi connectivity index (χ3v) is 3.24. The zero-order chi connectivity index (χ0) is 16.2. The van der Waals surface area contributed by atoms with Gasteiger partial charge in [-0.2, -0.15) is 0 Å². The first-order chi connectivity index (χ1) is 10.4. The van der Waals surface area contributed by atoms with E-state index in [2.05, 4.69) is 0 Å². The lowest BCUT2D eigenvalue weighted by atomic mass is 9.96. The number of esters is 1. The number of carbonyl (C=O) groups excluding carboxylic acids is 2. The predicted octanol–water partition coefficient (Wildman–Crippen LogP) is 4.20. The topological polar surface area (TPSA) is 43.4 Å². The van der Waals surface area contributed by atoms with E-state index in [1.165, 1.54) is 0 Å². The lowest BCUT2D eigenvalue weighted by Crippen LogP contribution is -2.28. The Bertz CT molecular complexity index is 639. The van der Waals surface area contributed by atoms with Gasteiger partial charge in [-0.05, 0) is 20.8 Å². The van der Waals surface area contributed by atoms with E-state index in [0.29, 0.717) is 11.1 Å². The maximum Gasteiger partial charge on any atom is 0.312 e. The molecule has 3 heteroatoms. The fourth-order valence-electron chi connectivity index (χ4n) is 1.94. The molecule has 2 aromatic rings. The molecule has 0 aliphatic carbocycles. The van der Waals surface area contributed by atoms with E-state index in [1.807, 2.05) is 24.3 Å². The van der Waals surface area contributed by atoms with Crippen LogP contribution in [0.4, 0.5) is 0 Å². The molecule has 0 unspecified atom stereocenters. The fraction of sp³-hybridized carbons (Fsp3) is 0.263. The van der Waals surface area contributed by atoms with Crippen molar-refractivity contribution in [1.82, 2.24) is 0 Å². The number of rotatable bonds is 4. The normalized spacial score (nSPS) is 12.5. The largest absolute Gasteiger partial charge is 0.449 e. The number of hydrogen-bond donors (Lipinski definition) is 0. The molecule has 2 rings (SSSR count). The lowest BCUT2D eigenvalue weighted by molar-refractivity contribution is -0.156. The summed E-state index contributed by atoms with van der Waals surface area (Å²) in [6.45, 7) is 5.30. The Morgan fingerprint density at radius 2 is 1.36 bits per heavy atom. The van der Waals surface area contributed by atoms with E-state index in [1.54, 1.807) is 57.2 Å². The summed E-state index contributed by atoms with van der Waals surface area (Å²) in [6.07, 6.45) is -0.921. The molecule has 2 aromatic carbocycles. The van der Waals surface area contributed by atoms with Crippen molar-refractivity contribution in [3.63, 3.8) is 0 Å². The van der Waals surface area contributed by atoms with Crippen LogP contribution in [0.25, 0.3) is 0 Å². The molecule has 22 heavy (non-hydrogen) atoms. The highest BCUT2D eigenvalue weighted by molar-refractivity contribution is 6.01. The van der Waals surface area contributed by atoms with Crippen molar-refractivity contribution in [2.45, 2.75) is 26.9 Å². The third kappa shape index (κ3) is 3.82. The summed E-state index contributed by atoms with van der Waals surface area (Å²) in [5.41, 5.74) is 0.538. The van der Waals surface area contributed by atoms with Crippen LogP contribution in [0.2, 0.25) is 0 Å². The van der Waals surface area contributed by atoms with Crippen LogP contribution in [0.15, 0.2) is 60.7 Å². The van der Waals surface area contributed by atoms with Gasteiger partial charge < -0.3 is 4.74 Å². The van der Waals surface area contributed by atoms with E-state index < -0.39 is 17.5 Å². The van der Waals surface area contributed by atoms with Gasteiger partial charge in [0.25, 0.3) is 0 Å². The first-order valence-electron chi connectivity index (χ1n) is 7.25. The van der Waals surface area contributed by atoms with Gasteiger partial charge in [0.2, 0.25) is 5.78 Å². The van der Waals surface area contributed by atoms with Gasteiger partial charge >= 0.3 is 5.97 Å². The van der Waals surface area contributed by atoms with Crippen LogP contribution in [0.1, 0.15) is 42.8 Å². The molecular weight excluding hydrogens is 276 g/mol. The van der Waals surface area contributed by atoms with Crippen LogP contribution in [0.5, 0.6) is 0 Å². The zero-order valence-corrected chi connectivity index (χ0v) is 13.1. The minimum Gasteiger partial charge on any atom is -0.449 e. The summed E-state index contributed by atoms with van der Waals surface area (Å²) >= 11 is 0. The summed E-state index contributed by atoms with van der Waals surface area (Å²) in [4.78, 5) is 24.9. The number of hydrogen-bond acceptors (Lipinski definition) is 3. The van der Waals surface area contributed by atoms with Crippen molar-refractivity contribution in [3.05, 3.63) is 71.8 Å². The molecule has 0 saturated carbocycles. The second-order valence-corrected chi connectivity index (χ2v) is 6.18. The molecule has 0 N–H and O–H groups in total. The Labute approximate surface area is 130 Å². The van der Waals surface area contributed by atoms with Gasteiger partial charge in [-0.1, -0.05) is 60.7 Å². The molecule has 0 aliphatic rings. The first kappa shape index (κ1) is 16.0. The Kier molecular flexibility index (Phi) is 4.76. The van der Waals surface area contributed by atoms with Gasteiger partial charge in [-0.25, -0.2) is 0 Å². The molecule has 1 atom stereocenters. The molecule has 3 nitrogen and oxygen atoms in total. The first-order valence-corrected chi connectivity index (χ1v) is 7.25. The highest BCUT2D eigenvalue weighted by atomic mass is 16.5. The van der Waals surface area contributed by atoms with E-state index >= 15 is 0 Å². The second kappa shape index (κ2) is 6.56. The summed E-state index contributed by atoms with van der Waals surface area (Å²) in [5, 5.41) is 0. The van der Waals surface area contributed by atoms with Crippen LogP contribution in [0.3, 0.4) is 0 Å². The number of ketones is 1. The van der Waals surface area contributed by atoms with Gasteiger partial charge in [0.05, 0.1) is 5.41 Å². The molecule has 0 amide bonds. The summed E-state index contributed by atoms with van der Waals surface area (Å²) in [5.74, 6) is -0.616. The van der Waals surface area contributed by atoms with Crippen molar-refractivity contribution < 1.29 is 14.3 Å². The molecule has 0 aromatic heterocycles. The quantitative estimate of drug-likeness (QED) is 0.627. The Balaban J connectivity index is 2.34. The molecule has 0 fully saturated rings. The highest BCUT2D eigenvalue weighted by Gasteiger charge is 2.31. The molecule has 114 valence electrons. The highest BCUT2D eigenvalue weighted by Crippen LogP contribution is 2.26. The standard InChI is InChI=1S/C19H20O3/c1-19(2,3)18(21)22-17(15-12-8-5-9-13-15)16(20)14-10-6-4-7-11-14/h4-13,17H,1-3H3/t17-/m0/s1. The van der Waals surface area contributed by atoms with Gasteiger partial charge in [0, 0.05) is 11.1 Å². The smallest absolute Gasteiger partial charge is 0.312 e. The third-order valence-electron chi connectivity index (χ3n) is 3.24. The van der Waals surface area contributed by atoms with Crippen LogP contribution in [-0.4, -0.2) is 11.8 Å². The van der Waals surface area contributed by atoms with Gasteiger partial charge in [-0.3, -0.25) is 9.59 Å². The van der Waals surface area contributed by atoms with E-state index in [-0.39, 0.29) is 5.78 Å². The lowest BCUT2D eigenvalue weighted by Gasteiger charge is -2.23. The summed E-state index contributed by atoms with van der Waals surface area (Å²) in [6, 6.07) is 18.0. The molecule has 0 spiro atoms. The zero-order valence-electron chi connectivity index (χ0n) is 13.1. The van der Waals surface area contributed by atoms with Gasteiger partial charge in [0.15, 0.2) is 6.10 Å². The van der Waals surface area contributed by atoms with Crippen molar-refractivity contribution in [2.75, 3.05) is 0 Å². The van der Waals surface area contributed by atoms with Crippen LogP contribution in [-0.2, 0) is 9.53 Å². The van der Waals surface area contributed by atoms with Gasteiger partial charge in [0.1, 0.15) is 0 Å². The minimum absolute atomic E-state index is 0.218. The average Bonchev–Trinajstić information content (AvgIpc) is 2.52. The Morgan fingerprint density at radius 3 is 1.86 bits per heavy atom. The van der Waals surface area contributed by atoms with Crippen molar-refractivity contribution in [2.24, 2.45) is 5.41 Å². The second-order valence-electron chi connectivity index (χ2n) is 6.18. The van der Waals surface area contributed by atoms with Crippen molar-refractivity contribution >= 4 is 11.8 Å². The fourth-order valence-corrected chi connectivity index (χ4v) is 1.94. The molecule has 0 saturated heterocycles. The maximum atomic E-state index is 12.7.